The smallest absolute Gasteiger partial charge is 0.349 e. The van der Waals surface area contributed by atoms with Crippen LogP contribution in [0, 0.1) is 52.8 Å². The average Bonchev–Trinajstić information content (AvgIpc) is 2.86. The van der Waals surface area contributed by atoms with E-state index in [-0.39, 0.29) is 28.0 Å². The fraction of sp³-hybridized carbons (Fsp3) is 0.300. The summed E-state index contributed by atoms with van der Waals surface area (Å²) in [5.41, 5.74) is -0.802. The molecule has 0 saturated heterocycles. The van der Waals surface area contributed by atoms with Gasteiger partial charge < -0.3 is 4.74 Å². The van der Waals surface area contributed by atoms with Crippen LogP contribution in [-0.4, -0.2) is 5.97 Å². The molecule has 0 N–H and O–H groups in total. The Morgan fingerprint density at radius 3 is 2.32 bits per heavy atom. The standard InChI is InChI=1S/C30H25F5O2/c1-2-3-4-5-18-6-8-19(9-7-18)10-11-20-14-24(31)27(25(32)15-20)30(36)37-22-12-13-23-21(16-22)17-26(33)29(35)28(23)34/h2-3,12-19H,4-9H2,1H3/b3-2+. The molecule has 1 aliphatic rings. The van der Waals surface area contributed by atoms with Crippen LogP contribution in [0.25, 0.3) is 10.8 Å². The van der Waals surface area contributed by atoms with Gasteiger partial charge in [-0.05, 0) is 93.2 Å². The van der Waals surface area contributed by atoms with E-state index in [9.17, 15) is 26.7 Å². The summed E-state index contributed by atoms with van der Waals surface area (Å²) >= 11 is 0. The third-order valence-corrected chi connectivity index (χ3v) is 6.65. The number of halogens is 5. The van der Waals surface area contributed by atoms with Crippen LogP contribution in [0.2, 0.25) is 0 Å². The summed E-state index contributed by atoms with van der Waals surface area (Å²) in [6, 6.07) is 5.95. The predicted octanol–water partition coefficient (Wildman–Crippen LogP) is 8.27. The van der Waals surface area contributed by atoms with Crippen LogP contribution in [0.5, 0.6) is 5.75 Å². The molecule has 0 spiro atoms. The number of hydrogen-bond donors (Lipinski definition) is 0. The Balaban J connectivity index is 1.44. The van der Waals surface area contributed by atoms with Crippen molar-refractivity contribution in [3.63, 3.8) is 0 Å². The van der Waals surface area contributed by atoms with E-state index in [1.807, 2.05) is 6.92 Å². The van der Waals surface area contributed by atoms with Gasteiger partial charge in [0.05, 0.1) is 0 Å². The van der Waals surface area contributed by atoms with Crippen molar-refractivity contribution in [2.75, 3.05) is 0 Å². The molecule has 1 saturated carbocycles. The first-order valence-corrected chi connectivity index (χ1v) is 12.2. The topological polar surface area (TPSA) is 26.3 Å². The van der Waals surface area contributed by atoms with Crippen LogP contribution < -0.4 is 4.74 Å². The maximum atomic E-state index is 14.7. The number of fused-ring (bicyclic) bond motifs is 1. The Morgan fingerprint density at radius 1 is 0.946 bits per heavy atom. The molecule has 0 radical (unpaired) electrons. The molecule has 0 aliphatic heterocycles. The predicted molar refractivity (Wildman–Crippen MR) is 132 cm³/mol. The lowest BCUT2D eigenvalue weighted by atomic mass is 9.80. The largest absolute Gasteiger partial charge is 0.423 e. The van der Waals surface area contributed by atoms with Gasteiger partial charge in [0, 0.05) is 16.9 Å². The van der Waals surface area contributed by atoms with Crippen LogP contribution in [0.4, 0.5) is 22.0 Å². The summed E-state index contributed by atoms with van der Waals surface area (Å²) in [5.74, 6) is -1.50. The highest BCUT2D eigenvalue weighted by Crippen LogP contribution is 2.32. The highest BCUT2D eigenvalue weighted by molar-refractivity contribution is 5.93. The first-order chi connectivity index (χ1) is 17.8. The number of ether oxygens (including phenoxy) is 1. The van der Waals surface area contributed by atoms with Crippen molar-refractivity contribution < 1.29 is 31.5 Å². The lowest BCUT2D eigenvalue weighted by Gasteiger charge is -2.25. The molecule has 0 atom stereocenters. The fourth-order valence-corrected chi connectivity index (χ4v) is 4.62. The van der Waals surface area contributed by atoms with Crippen molar-refractivity contribution in [2.24, 2.45) is 11.8 Å². The van der Waals surface area contributed by atoms with Gasteiger partial charge in [-0.15, -0.1) is 0 Å². The molecule has 0 unspecified atom stereocenters. The molecule has 4 rings (SSSR count). The minimum atomic E-state index is -1.63. The first kappa shape index (κ1) is 26.4. The molecule has 2 nitrogen and oxygen atoms in total. The minimum absolute atomic E-state index is 0.0832. The Morgan fingerprint density at radius 2 is 1.65 bits per heavy atom. The summed E-state index contributed by atoms with van der Waals surface area (Å²) in [4.78, 5) is 12.5. The Hall–Kier alpha value is -3.66. The van der Waals surface area contributed by atoms with E-state index in [0.29, 0.717) is 5.92 Å². The van der Waals surface area contributed by atoms with Crippen molar-refractivity contribution in [2.45, 2.75) is 45.4 Å². The average molecular weight is 513 g/mol. The molecule has 192 valence electrons. The van der Waals surface area contributed by atoms with Gasteiger partial charge in [-0.2, -0.15) is 0 Å². The third-order valence-electron chi connectivity index (χ3n) is 6.65. The highest BCUT2D eigenvalue weighted by Gasteiger charge is 2.22. The molecular formula is C30H25F5O2. The molecule has 0 heterocycles. The van der Waals surface area contributed by atoms with Gasteiger partial charge in [-0.25, -0.2) is 26.7 Å². The molecule has 0 amide bonds. The maximum Gasteiger partial charge on any atom is 0.349 e. The fourth-order valence-electron chi connectivity index (χ4n) is 4.62. The molecule has 7 heteroatoms. The maximum absolute atomic E-state index is 14.7. The summed E-state index contributed by atoms with van der Waals surface area (Å²) in [6.07, 6.45) is 10.5. The Bertz CT molecular complexity index is 1390. The zero-order chi connectivity index (χ0) is 26.5. The first-order valence-electron chi connectivity index (χ1n) is 12.2. The van der Waals surface area contributed by atoms with Gasteiger partial charge >= 0.3 is 5.97 Å². The lowest BCUT2D eigenvalue weighted by Crippen LogP contribution is -2.14. The van der Waals surface area contributed by atoms with Crippen molar-refractivity contribution in [1.29, 1.82) is 0 Å². The van der Waals surface area contributed by atoms with Gasteiger partial charge in [-0.1, -0.05) is 24.0 Å². The van der Waals surface area contributed by atoms with Gasteiger partial charge in [0.15, 0.2) is 17.5 Å². The van der Waals surface area contributed by atoms with E-state index in [4.69, 9.17) is 4.74 Å². The monoisotopic (exact) mass is 512 g/mol. The second kappa shape index (κ2) is 11.6. The van der Waals surface area contributed by atoms with Crippen molar-refractivity contribution >= 4 is 16.7 Å². The number of carbonyl (C=O) groups is 1. The molecule has 0 aromatic heterocycles. The van der Waals surface area contributed by atoms with Crippen LogP contribution >= 0.6 is 0 Å². The normalized spacial score (nSPS) is 17.6. The van der Waals surface area contributed by atoms with Crippen LogP contribution in [-0.2, 0) is 0 Å². The summed E-state index contributed by atoms with van der Waals surface area (Å²) < 4.78 is 75.2. The van der Waals surface area contributed by atoms with Gasteiger partial charge in [0.2, 0.25) is 0 Å². The SMILES string of the molecule is C/C=C/CCC1CCC(C#Cc2cc(F)c(C(=O)Oc3ccc4c(F)c(F)c(F)cc4c3)c(F)c2)CC1. The van der Waals surface area contributed by atoms with Crippen molar-refractivity contribution in [3.8, 4) is 17.6 Å². The summed E-state index contributed by atoms with van der Waals surface area (Å²) in [6.45, 7) is 2.01. The molecular weight excluding hydrogens is 487 g/mol. The van der Waals surface area contributed by atoms with E-state index in [2.05, 4.69) is 24.0 Å². The van der Waals surface area contributed by atoms with Crippen LogP contribution in [0.3, 0.4) is 0 Å². The van der Waals surface area contributed by atoms with Gasteiger partial charge in [0.25, 0.3) is 0 Å². The number of allylic oxidation sites excluding steroid dienone is 2. The van der Waals surface area contributed by atoms with E-state index in [1.165, 1.54) is 0 Å². The summed E-state index contributed by atoms with van der Waals surface area (Å²) in [5, 5.41) is -0.318. The quantitative estimate of drug-likeness (QED) is 0.0859. The lowest BCUT2D eigenvalue weighted by molar-refractivity contribution is 0.0725. The van der Waals surface area contributed by atoms with E-state index in [0.717, 1.165) is 74.9 Å². The Kier molecular flexibility index (Phi) is 8.27. The van der Waals surface area contributed by atoms with Gasteiger partial charge in [-0.3, -0.25) is 0 Å². The molecule has 1 aliphatic carbocycles. The third kappa shape index (κ3) is 6.19. The van der Waals surface area contributed by atoms with Crippen LogP contribution in [0.15, 0.2) is 48.6 Å². The number of esters is 1. The number of rotatable bonds is 5. The number of benzene rings is 3. The number of carbonyl (C=O) groups excluding carboxylic acids is 1. The number of hydrogen-bond acceptors (Lipinski definition) is 2. The second-order valence-electron chi connectivity index (χ2n) is 9.21. The molecule has 3 aromatic carbocycles. The molecule has 3 aromatic rings. The molecule has 0 bridgehead atoms. The Labute approximate surface area is 212 Å². The van der Waals surface area contributed by atoms with E-state index >= 15 is 0 Å². The highest BCUT2D eigenvalue weighted by atomic mass is 19.2. The van der Waals surface area contributed by atoms with Crippen LogP contribution in [0.1, 0.15) is 61.4 Å². The van der Waals surface area contributed by atoms with E-state index in [1.54, 1.807) is 0 Å². The van der Waals surface area contributed by atoms with Crippen molar-refractivity contribution in [1.82, 2.24) is 0 Å². The zero-order valence-corrected chi connectivity index (χ0v) is 20.2. The van der Waals surface area contributed by atoms with E-state index < -0.39 is 40.6 Å². The minimum Gasteiger partial charge on any atom is -0.423 e. The molecule has 1 fully saturated rings. The second-order valence-corrected chi connectivity index (χ2v) is 9.21. The van der Waals surface area contributed by atoms with Crippen molar-refractivity contribution in [3.05, 3.63) is 88.8 Å². The van der Waals surface area contributed by atoms with Gasteiger partial charge in [0.1, 0.15) is 22.9 Å². The summed E-state index contributed by atoms with van der Waals surface area (Å²) in [7, 11) is 0. The zero-order valence-electron chi connectivity index (χ0n) is 20.2. The molecule has 37 heavy (non-hydrogen) atoms.